The van der Waals surface area contributed by atoms with Gasteiger partial charge in [0.25, 0.3) is 0 Å². The molecular formula is C40H58N12O18. The van der Waals surface area contributed by atoms with Crippen molar-refractivity contribution < 1.29 is 87.9 Å². The first-order chi connectivity index (χ1) is 33.0. The van der Waals surface area contributed by atoms with Gasteiger partial charge in [0.2, 0.25) is 35.1 Å². The van der Waals surface area contributed by atoms with Gasteiger partial charge in [-0.15, -0.1) is 0 Å². The molecule has 386 valence electrons. The summed E-state index contributed by atoms with van der Waals surface area (Å²) in [6.07, 6.45) is -11.5. The van der Waals surface area contributed by atoms with Crippen LogP contribution < -0.4 is 54.8 Å². The SMILES string of the molecule is CC(=O)N[C@H]1[C@H]([C@H](OC(=O)NCCC(=O)NCc2ccc(CNC(=O)CCNC(=O)O[C@@H]([C@@H]3OC(C(=O)O)=C[C@H](N=C(N)N)[C@H]3NC(C)=O)[C@H](O)CO)cc2)[C@H](O)CO)OC(C(=O)O)=C[C@@H]1N=C(N)N. The van der Waals surface area contributed by atoms with Crippen molar-refractivity contribution in [3.8, 4) is 0 Å². The number of benzene rings is 1. The first kappa shape index (κ1) is 56.4. The number of carbonyl (C=O) groups is 8. The second-order valence-electron chi connectivity index (χ2n) is 15.3. The Kier molecular flexibility index (Phi) is 21.9. The maximum atomic E-state index is 12.8. The minimum absolute atomic E-state index is 0.0631. The van der Waals surface area contributed by atoms with Crippen molar-refractivity contribution >= 4 is 59.7 Å². The number of carboxylic acids is 2. The molecule has 0 radical (unpaired) electrons. The van der Waals surface area contributed by atoms with E-state index in [-0.39, 0.29) is 39.0 Å². The molecule has 20 N–H and O–H groups in total. The Morgan fingerprint density at radius 3 is 1.24 bits per heavy atom. The number of ether oxygens (including phenoxy) is 4. The number of hydrogen-bond acceptors (Lipinski definition) is 18. The van der Waals surface area contributed by atoms with E-state index in [0.717, 1.165) is 26.0 Å². The minimum atomic E-state index is -1.86. The molecule has 0 saturated heterocycles. The zero-order valence-corrected chi connectivity index (χ0v) is 37.7. The van der Waals surface area contributed by atoms with E-state index in [9.17, 15) is 69.0 Å². The summed E-state index contributed by atoms with van der Waals surface area (Å²) in [7, 11) is 0. The van der Waals surface area contributed by atoms with Crippen LogP contribution in [0.5, 0.6) is 0 Å². The first-order valence-corrected chi connectivity index (χ1v) is 21.1. The zero-order valence-electron chi connectivity index (χ0n) is 37.7. The van der Waals surface area contributed by atoms with E-state index in [4.69, 9.17) is 41.9 Å². The van der Waals surface area contributed by atoms with Gasteiger partial charge >= 0.3 is 24.1 Å². The summed E-state index contributed by atoms with van der Waals surface area (Å²) < 4.78 is 21.5. The average Bonchev–Trinajstić information content (AvgIpc) is 3.28. The Labute approximate surface area is 397 Å². The van der Waals surface area contributed by atoms with Crippen LogP contribution in [0, 0.1) is 0 Å². The number of amides is 6. The molecule has 0 aliphatic carbocycles. The van der Waals surface area contributed by atoms with Crippen LogP contribution in [0.15, 0.2) is 57.9 Å². The minimum Gasteiger partial charge on any atom is -0.477 e. The van der Waals surface area contributed by atoms with Crippen LogP contribution in [-0.4, -0.2) is 177 Å². The predicted molar refractivity (Wildman–Crippen MR) is 238 cm³/mol. The number of alkyl carbamates (subject to hydrolysis) is 2. The van der Waals surface area contributed by atoms with Crippen molar-refractivity contribution in [2.75, 3.05) is 26.3 Å². The Morgan fingerprint density at radius 2 is 0.957 bits per heavy atom. The van der Waals surface area contributed by atoms with Crippen LogP contribution in [0.2, 0.25) is 0 Å². The fraction of sp³-hybridized carbons (Fsp3) is 0.500. The largest absolute Gasteiger partial charge is 0.477 e. The van der Waals surface area contributed by atoms with Crippen molar-refractivity contribution in [3.05, 3.63) is 59.1 Å². The van der Waals surface area contributed by atoms with E-state index in [2.05, 4.69) is 41.9 Å². The van der Waals surface area contributed by atoms with Crippen LogP contribution >= 0.6 is 0 Å². The van der Waals surface area contributed by atoms with Gasteiger partial charge in [-0.1, -0.05) is 24.3 Å². The molecule has 0 saturated carbocycles. The van der Waals surface area contributed by atoms with Crippen molar-refractivity contribution in [2.45, 2.75) is 101 Å². The molecule has 2 aliphatic heterocycles. The maximum absolute atomic E-state index is 12.8. The number of nitrogens with one attached hydrogen (secondary N) is 6. The number of aliphatic carboxylic acids is 2. The molecule has 6 amide bonds. The number of carbonyl (C=O) groups excluding carboxylic acids is 6. The summed E-state index contributed by atoms with van der Waals surface area (Å²) in [5.41, 5.74) is 23.2. The number of aliphatic imine (C=N–C) groups is 2. The molecule has 2 aliphatic rings. The topological polar surface area (TPSA) is 496 Å². The van der Waals surface area contributed by atoms with Gasteiger partial charge in [0.1, 0.15) is 12.2 Å². The van der Waals surface area contributed by atoms with Gasteiger partial charge < -0.3 is 104 Å². The van der Waals surface area contributed by atoms with Crippen LogP contribution in [0.1, 0.15) is 37.8 Å². The molecule has 1 aromatic rings. The number of aliphatic hydroxyl groups is 4. The molecule has 30 heteroatoms. The molecule has 70 heavy (non-hydrogen) atoms. The lowest BCUT2D eigenvalue weighted by Gasteiger charge is -2.39. The molecule has 10 atom stereocenters. The second kappa shape index (κ2) is 27.1. The standard InChI is InChI=1S/C40H58N12O18/c1-17(55)49-29-21(51-37(41)42)11-25(35(61)62)67-33(29)31(23(57)15-53)69-39(65)45-9-7-27(59)47-13-19-3-5-20(6-4-19)14-48-28(60)8-10-46-40(66)70-32(24(58)16-54)34-30(50-18(2)56)22(52-38(43)44)12-26(68-34)36(63)64/h3-6,11-12,21-24,29-34,53-54,57-58H,7-10,13-16H2,1-2H3,(H,45,65)(H,46,66)(H,47,59)(H,48,60)(H,49,55)(H,50,56)(H,61,62)(H,63,64)(H4,41,42,51)(H4,43,44,52)/t21-,22-,23+,24+,29+,30+,31+,32+,33+,34+/m0/s1. The molecule has 0 unspecified atom stereocenters. The summed E-state index contributed by atoms with van der Waals surface area (Å²) in [6, 6.07) is 1.57. The molecule has 0 bridgehead atoms. The molecule has 2 heterocycles. The first-order valence-electron chi connectivity index (χ1n) is 21.1. The summed E-state index contributed by atoms with van der Waals surface area (Å²) in [6.45, 7) is -0.171. The van der Waals surface area contributed by atoms with Crippen LogP contribution in [0.3, 0.4) is 0 Å². The molecule has 3 rings (SSSR count). The van der Waals surface area contributed by atoms with Gasteiger partial charge in [-0.05, 0) is 23.3 Å². The third-order valence-electron chi connectivity index (χ3n) is 9.88. The van der Waals surface area contributed by atoms with Gasteiger partial charge in [0, 0.05) is 52.9 Å². The van der Waals surface area contributed by atoms with E-state index < -0.39 is 145 Å². The Morgan fingerprint density at radius 1 is 0.614 bits per heavy atom. The normalized spacial score (nSPS) is 21.0. The van der Waals surface area contributed by atoms with Crippen molar-refractivity contribution in [1.82, 2.24) is 31.9 Å². The Balaban J connectivity index is 1.47. The molecule has 1 aromatic carbocycles. The lowest BCUT2D eigenvalue weighted by molar-refractivity contribution is -0.147. The lowest BCUT2D eigenvalue weighted by atomic mass is 9.92. The number of rotatable bonds is 24. The molecule has 0 aromatic heterocycles. The van der Waals surface area contributed by atoms with Gasteiger partial charge in [-0.2, -0.15) is 0 Å². The molecule has 0 fully saturated rings. The number of carboxylic acid groups (broad SMARTS) is 2. The fourth-order valence-corrected chi connectivity index (χ4v) is 6.77. The van der Waals surface area contributed by atoms with Crippen LogP contribution in [0.4, 0.5) is 9.59 Å². The number of guanidine groups is 2. The van der Waals surface area contributed by atoms with E-state index in [1.807, 2.05) is 0 Å². The highest BCUT2D eigenvalue weighted by molar-refractivity contribution is 5.86. The van der Waals surface area contributed by atoms with E-state index in [1.54, 1.807) is 24.3 Å². The number of aliphatic hydroxyl groups excluding tert-OH is 4. The van der Waals surface area contributed by atoms with Crippen molar-refractivity contribution in [3.63, 3.8) is 0 Å². The highest BCUT2D eigenvalue weighted by Gasteiger charge is 2.48. The highest BCUT2D eigenvalue weighted by Crippen LogP contribution is 2.28. The van der Waals surface area contributed by atoms with Crippen LogP contribution in [-0.2, 0) is 60.8 Å². The van der Waals surface area contributed by atoms with Gasteiger partial charge in [-0.3, -0.25) is 19.2 Å². The van der Waals surface area contributed by atoms with Gasteiger partial charge in [0.05, 0.1) is 37.4 Å². The van der Waals surface area contributed by atoms with Gasteiger partial charge in [0.15, 0.2) is 36.3 Å². The van der Waals surface area contributed by atoms with Gasteiger partial charge in [-0.25, -0.2) is 29.2 Å². The average molecular weight is 995 g/mol. The van der Waals surface area contributed by atoms with E-state index in [0.29, 0.717) is 11.1 Å². The van der Waals surface area contributed by atoms with E-state index in [1.165, 1.54) is 0 Å². The molecule has 30 nitrogen and oxygen atoms in total. The quantitative estimate of drug-likeness (QED) is 0.0338. The van der Waals surface area contributed by atoms with Crippen molar-refractivity contribution in [2.24, 2.45) is 32.9 Å². The molecular weight excluding hydrogens is 937 g/mol. The monoisotopic (exact) mass is 994 g/mol. The smallest absolute Gasteiger partial charge is 0.407 e. The Hall–Kier alpha value is -7.96. The Bertz CT molecular complexity index is 2020. The number of nitrogens with two attached hydrogens (primary N) is 4. The zero-order chi connectivity index (χ0) is 52.2. The summed E-state index contributed by atoms with van der Waals surface area (Å²) in [5, 5.41) is 74.6. The highest BCUT2D eigenvalue weighted by atomic mass is 16.6. The predicted octanol–water partition coefficient (Wildman–Crippen LogP) is -6.38. The van der Waals surface area contributed by atoms with E-state index >= 15 is 0 Å². The fourth-order valence-electron chi connectivity index (χ4n) is 6.77. The maximum Gasteiger partial charge on any atom is 0.407 e. The molecule has 0 spiro atoms. The van der Waals surface area contributed by atoms with Crippen LogP contribution in [0.25, 0.3) is 0 Å². The van der Waals surface area contributed by atoms with Crippen molar-refractivity contribution in [1.29, 1.82) is 0 Å². The third kappa shape index (κ3) is 17.9. The summed E-state index contributed by atoms with van der Waals surface area (Å²) in [4.78, 5) is 106. The number of hydrogen-bond donors (Lipinski definition) is 16. The second-order valence-corrected chi connectivity index (χ2v) is 15.3. The summed E-state index contributed by atoms with van der Waals surface area (Å²) >= 11 is 0. The lowest BCUT2D eigenvalue weighted by Crippen LogP contribution is -2.61. The third-order valence-corrected chi connectivity index (χ3v) is 9.88. The summed E-state index contributed by atoms with van der Waals surface area (Å²) in [5.74, 6) is -7.84. The number of nitrogens with zero attached hydrogens (tertiary/aromatic N) is 2.